The van der Waals surface area contributed by atoms with E-state index in [2.05, 4.69) is 264 Å². The SMILES string of the molecule is CC#CC#CC#CC#CC#CC#CC#COc1cc(CN=CC(COCCOCCOCCOCCOCCOCCOCCOCCP(=O)(F)OCC)=NN)cc(OC#CC#CC#CC#CC#CC#CC#CC)c1OC#CC#CC#CC#CC#CC#CC#CC. The fourth-order valence-electron chi connectivity index (χ4n) is 4.92. The normalized spacial score (nSPS) is 8.96. The molecular formula is C73H55FN3O13P. The van der Waals surface area contributed by atoms with Crippen molar-refractivity contribution >= 4 is 19.6 Å². The van der Waals surface area contributed by atoms with E-state index in [1.54, 1.807) is 39.8 Å². The molecule has 2 N–H and O–H groups in total. The average molecular weight is 1230 g/mol. The van der Waals surface area contributed by atoms with E-state index in [0.717, 1.165) is 0 Å². The second kappa shape index (κ2) is 61.4. The average Bonchev–Trinajstić information content (AvgIpc) is 2.19. The summed E-state index contributed by atoms with van der Waals surface area (Å²) in [5.74, 6) is 105. The zero-order chi connectivity index (χ0) is 65.5. The van der Waals surface area contributed by atoms with Gasteiger partial charge in [-0.2, -0.15) is 9.30 Å². The summed E-state index contributed by atoms with van der Waals surface area (Å²) in [7, 11) is -4.08. The van der Waals surface area contributed by atoms with Crippen LogP contribution in [-0.4, -0.2) is 130 Å². The number of hydrogen-bond donors (Lipinski definition) is 1. The predicted molar refractivity (Wildman–Crippen MR) is 344 cm³/mol. The van der Waals surface area contributed by atoms with E-state index >= 15 is 0 Å². The number of nitrogens with two attached hydrogens (primary N) is 1. The van der Waals surface area contributed by atoms with E-state index < -0.39 is 7.68 Å². The Morgan fingerprint density at radius 2 is 0.692 bits per heavy atom. The van der Waals surface area contributed by atoms with Crippen molar-refractivity contribution in [3.05, 3.63) is 17.7 Å². The minimum absolute atomic E-state index is 0.00968. The van der Waals surface area contributed by atoms with Crippen LogP contribution in [0, 0.1) is 249 Å². The zero-order valence-corrected chi connectivity index (χ0v) is 51.2. The maximum atomic E-state index is 13.4. The first-order valence-electron chi connectivity index (χ1n) is 26.6. The number of hydrazone groups is 1. The Morgan fingerprint density at radius 3 is 0.989 bits per heavy atom. The van der Waals surface area contributed by atoms with Crippen LogP contribution < -0.4 is 20.1 Å². The molecule has 91 heavy (non-hydrogen) atoms. The van der Waals surface area contributed by atoms with E-state index in [0.29, 0.717) is 84.0 Å². The van der Waals surface area contributed by atoms with Gasteiger partial charge in [0.25, 0.3) is 0 Å². The van der Waals surface area contributed by atoms with Crippen molar-refractivity contribution in [2.75, 3.05) is 118 Å². The molecular weight excluding hydrogens is 1180 g/mol. The van der Waals surface area contributed by atoms with Crippen LogP contribution in [0.4, 0.5) is 4.20 Å². The first-order valence-corrected chi connectivity index (χ1v) is 28.3. The Morgan fingerprint density at radius 1 is 0.418 bits per heavy atom. The van der Waals surface area contributed by atoms with Gasteiger partial charge in [-0.1, -0.05) is 17.8 Å². The zero-order valence-electron chi connectivity index (χ0n) is 50.3. The van der Waals surface area contributed by atoms with Crippen molar-refractivity contribution in [2.24, 2.45) is 15.9 Å². The highest BCUT2D eigenvalue weighted by atomic mass is 31.2. The monoisotopic (exact) mass is 1230 g/mol. The van der Waals surface area contributed by atoms with Gasteiger partial charge in [-0.15, -0.1) is 0 Å². The number of hydrogen-bond acceptors (Lipinski definition) is 16. The number of aliphatic imine (C=N–C) groups is 1. The second-order valence-electron chi connectivity index (χ2n) is 14.9. The summed E-state index contributed by atoms with van der Waals surface area (Å²) in [6.45, 7) is 11.5. The number of ether oxygens (including phenoxy) is 11. The molecule has 1 atom stereocenters. The fourth-order valence-corrected chi connectivity index (χ4v) is 5.79. The molecule has 0 bridgehead atoms. The van der Waals surface area contributed by atoms with Gasteiger partial charge >= 0.3 is 7.68 Å². The van der Waals surface area contributed by atoms with Crippen molar-refractivity contribution in [1.29, 1.82) is 0 Å². The molecule has 452 valence electrons. The Labute approximate surface area is 535 Å². The van der Waals surface area contributed by atoms with Crippen LogP contribution in [0.25, 0.3) is 0 Å². The summed E-state index contributed by atoms with van der Waals surface area (Å²) in [5, 5.41) is 3.78. The van der Waals surface area contributed by atoms with Crippen molar-refractivity contribution in [3.63, 3.8) is 0 Å². The van der Waals surface area contributed by atoms with Crippen LogP contribution in [0.15, 0.2) is 22.2 Å². The molecule has 1 aromatic rings. The number of halogens is 1. The van der Waals surface area contributed by atoms with Crippen LogP contribution in [-0.2, 0) is 53.5 Å². The minimum atomic E-state index is -4.08. The van der Waals surface area contributed by atoms with Gasteiger partial charge in [0.1, 0.15) is 24.0 Å². The van der Waals surface area contributed by atoms with Crippen LogP contribution in [0.3, 0.4) is 0 Å². The Balaban J connectivity index is 2.99. The van der Waals surface area contributed by atoms with E-state index in [4.69, 9.17) is 57.9 Å². The second-order valence-corrected chi connectivity index (χ2v) is 16.8. The van der Waals surface area contributed by atoms with Crippen LogP contribution >= 0.6 is 7.68 Å². The summed E-state index contributed by atoms with van der Waals surface area (Å²) < 4.78 is 90.6. The third-order valence-electron chi connectivity index (χ3n) is 8.50. The summed E-state index contributed by atoms with van der Waals surface area (Å²) >= 11 is 0. The molecule has 0 aliphatic carbocycles. The lowest BCUT2D eigenvalue weighted by Gasteiger charge is -2.10. The maximum Gasteiger partial charge on any atom is 0.369 e. The van der Waals surface area contributed by atoms with Crippen molar-refractivity contribution in [2.45, 2.75) is 34.2 Å². The lowest BCUT2D eigenvalue weighted by molar-refractivity contribution is -0.0221. The van der Waals surface area contributed by atoms with E-state index in [1.165, 1.54) is 6.21 Å². The molecule has 0 aliphatic heterocycles. The molecule has 0 amide bonds. The first-order chi connectivity index (χ1) is 44.9. The highest BCUT2D eigenvalue weighted by Gasteiger charge is 2.20. The first kappa shape index (κ1) is 77.3. The molecule has 1 aromatic carbocycles. The lowest BCUT2D eigenvalue weighted by Crippen LogP contribution is -2.17. The Kier molecular flexibility index (Phi) is 52.2. The van der Waals surface area contributed by atoms with Crippen molar-refractivity contribution < 1.29 is 65.4 Å². The van der Waals surface area contributed by atoms with Gasteiger partial charge in [0.05, 0.1) is 125 Å². The van der Waals surface area contributed by atoms with Crippen LogP contribution in [0.1, 0.15) is 33.3 Å². The van der Waals surface area contributed by atoms with Gasteiger partial charge < -0.3 is 62.5 Å². The van der Waals surface area contributed by atoms with Gasteiger partial charge in [0, 0.05) is 113 Å². The van der Waals surface area contributed by atoms with Gasteiger partial charge in [-0.25, -0.2) is 0 Å². The quantitative estimate of drug-likeness (QED) is 0.0261. The van der Waals surface area contributed by atoms with Gasteiger partial charge in [-0.05, 0) is 152 Å². The molecule has 0 saturated heterocycles. The molecule has 0 saturated carbocycles. The molecule has 0 heterocycles. The van der Waals surface area contributed by atoms with Crippen molar-refractivity contribution in [3.8, 4) is 266 Å². The predicted octanol–water partition coefficient (Wildman–Crippen LogP) is 4.04. The summed E-state index contributed by atoms with van der Waals surface area (Å²) in [6, 6.07) is 3.13. The van der Waals surface area contributed by atoms with Crippen molar-refractivity contribution in [1.82, 2.24) is 0 Å². The summed E-state index contributed by atoms with van der Waals surface area (Å²) in [6.07, 6.45) is 8.58. The molecule has 0 fully saturated rings. The smallest absolute Gasteiger partial charge is 0.369 e. The Bertz CT molecular complexity index is 3980. The lowest BCUT2D eigenvalue weighted by atomic mass is 10.2. The fraction of sp³-hybridized carbons (Fsp3) is 0.315. The molecule has 0 spiro atoms. The van der Waals surface area contributed by atoms with Gasteiger partial charge in [-0.3, -0.25) is 9.56 Å². The summed E-state index contributed by atoms with van der Waals surface area (Å²) in [5.41, 5.74) is 0.836. The molecule has 0 radical (unpaired) electrons. The topological polar surface area (TPSA) is 179 Å². The van der Waals surface area contributed by atoms with E-state index in [9.17, 15) is 8.76 Å². The summed E-state index contributed by atoms with van der Waals surface area (Å²) in [4.78, 5) is 4.48. The molecule has 0 aliphatic rings. The third kappa shape index (κ3) is 52.4. The maximum absolute atomic E-state index is 13.4. The molecule has 18 heteroatoms. The standard InChI is InChI=1S/C73H55FN3O13P/c1-5-9-12-15-18-21-24-27-30-33-36-39-42-45-87-71-64-69(65-72(88-46-43-40-37-34-31-28-25-22-19-16-13-10-6-2)73(71)89-47-44-41-38-35-32-29-26-23-20-17-14-11-7-3)66-76-67-70(77-75)68-86-61-60-84-57-56-82-53-52-80-49-48-79-50-51-81-54-55-83-58-59-85-62-63-91(74,78)90-8-4/h64-65,67H,8,48-63,66,68,75H2,1-4H3. The van der Waals surface area contributed by atoms with Gasteiger partial charge in [0.15, 0.2) is 11.5 Å². The van der Waals surface area contributed by atoms with E-state index in [-0.39, 0.29) is 69.6 Å². The number of nitrogens with zero attached hydrogens (tertiary/aromatic N) is 2. The molecule has 16 nitrogen and oxygen atoms in total. The largest absolute Gasteiger partial charge is 0.402 e. The van der Waals surface area contributed by atoms with E-state index in [1.807, 2.05) is 0 Å². The third-order valence-corrected chi connectivity index (χ3v) is 9.87. The number of benzene rings is 1. The highest BCUT2D eigenvalue weighted by Crippen LogP contribution is 2.48. The van der Waals surface area contributed by atoms with Crippen LogP contribution in [0.2, 0.25) is 0 Å². The molecule has 1 unspecified atom stereocenters. The van der Waals surface area contributed by atoms with Crippen LogP contribution in [0.5, 0.6) is 17.2 Å². The Hall–Kier alpha value is -11.7. The minimum Gasteiger partial charge on any atom is -0.402 e. The number of rotatable bonds is 34. The molecule has 0 aromatic heterocycles. The van der Waals surface area contributed by atoms with Gasteiger partial charge in [0.2, 0.25) is 5.75 Å². The molecule has 1 rings (SSSR count). The highest BCUT2D eigenvalue weighted by molar-refractivity contribution is 7.53.